The van der Waals surface area contributed by atoms with Gasteiger partial charge in [0.15, 0.2) is 0 Å². The molecule has 0 radical (unpaired) electrons. The fraction of sp³-hybridized carbons (Fsp3) is 0.378. The molecule has 0 bridgehead atoms. The van der Waals surface area contributed by atoms with Gasteiger partial charge in [-0.3, -0.25) is 19.4 Å². The zero-order chi connectivity index (χ0) is 80.8. The number of aromatic nitrogens is 7. The fourth-order valence-electron chi connectivity index (χ4n) is 17.4. The van der Waals surface area contributed by atoms with Gasteiger partial charge in [0.25, 0.3) is 0 Å². The molecule has 0 spiro atoms. The topological polar surface area (TPSA) is 259 Å². The van der Waals surface area contributed by atoms with Crippen LogP contribution in [0.15, 0.2) is 172 Å². The highest BCUT2D eigenvalue weighted by Gasteiger charge is 2.37. The van der Waals surface area contributed by atoms with Crippen LogP contribution < -0.4 is 43.8 Å². The van der Waals surface area contributed by atoms with E-state index in [1.807, 2.05) is 112 Å². The molecular formula is C90H103N19O8. The number of phenols is 3. The molecule has 3 N–H and O–H groups in total. The molecule has 0 unspecified atom stereocenters. The van der Waals surface area contributed by atoms with E-state index in [-0.39, 0.29) is 35.0 Å². The van der Waals surface area contributed by atoms with E-state index in [0.717, 1.165) is 185 Å². The maximum absolute atomic E-state index is 12.1. The molecule has 5 saturated heterocycles. The Labute approximate surface area is 682 Å². The average molecular weight is 1580 g/mol. The molecule has 4 aromatic heterocycles. The largest absolute Gasteiger partial charge is 0.508 e. The lowest BCUT2D eigenvalue weighted by atomic mass is 10.0. The predicted molar refractivity (Wildman–Crippen MR) is 458 cm³/mol. The van der Waals surface area contributed by atoms with Crippen molar-refractivity contribution in [2.45, 2.75) is 70.2 Å². The first kappa shape index (κ1) is 78.5. The first-order chi connectivity index (χ1) is 57.0. The number of carbonyl (C=O) groups is 3. The number of nitrogens with zero attached hydrogens (tertiary/aromatic N) is 19. The van der Waals surface area contributed by atoms with Gasteiger partial charge in [0, 0.05) is 210 Å². The molecule has 1 atom stereocenters. The van der Waals surface area contributed by atoms with Crippen LogP contribution in [0.3, 0.4) is 0 Å². The van der Waals surface area contributed by atoms with Crippen molar-refractivity contribution in [2.24, 2.45) is 0 Å². The summed E-state index contributed by atoms with van der Waals surface area (Å²) in [5.41, 5.74) is 10.3. The van der Waals surface area contributed by atoms with Gasteiger partial charge >= 0.3 is 12.0 Å². The van der Waals surface area contributed by atoms with Gasteiger partial charge in [-0.1, -0.05) is 98.6 Å². The lowest BCUT2D eigenvalue weighted by molar-refractivity contribution is -0.127. The third-order valence-electron chi connectivity index (χ3n) is 24.0. The lowest BCUT2D eigenvalue weighted by Crippen LogP contribution is -2.58. The second kappa shape index (κ2) is 35.0. The molecule has 606 valence electrons. The number of benzene rings is 6. The molecule has 117 heavy (non-hydrogen) atoms. The molecule has 0 saturated carbocycles. The third-order valence-corrected chi connectivity index (χ3v) is 24.0. The van der Waals surface area contributed by atoms with Gasteiger partial charge in [0.1, 0.15) is 41.3 Å². The summed E-state index contributed by atoms with van der Waals surface area (Å²) in [6.07, 6.45) is 11.2. The molecule has 12 heterocycles. The van der Waals surface area contributed by atoms with Crippen LogP contribution >= 0.6 is 0 Å². The summed E-state index contributed by atoms with van der Waals surface area (Å²) in [4.78, 5) is 96.7. The average Bonchev–Trinajstić information content (AvgIpc) is 1.09. The minimum atomic E-state index is -0.0445. The number of anilines is 7. The van der Waals surface area contributed by atoms with E-state index in [0.29, 0.717) is 129 Å². The quantitative estimate of drug-likeness (QED) is 0.0676. The minimum absolute atomic E-state index is 0.0145. The van der Waals surface area contributed by atoms with Crippen molar-refractivity contribution in [1.29, 1.82) is 0 Å². The van der Waals surface area contributed by atoms with Gasteiger partial charge in [0.2, 0.25) is 23.7 Å². The van der Waals surface area contributed by atoms with E-state index in [4.69, 9.17) is 39.4 Å². The smallest absolute Gasteiger partial charge is 0.318 e. The molecule has 6 aromatic carbocycles. The van der Waals surface area contributed by atoms with Crippen molar-refractivity contribution in [3.05, 3.63) is 211 Å². The Bertz CT molecular complexity index is 5330. The van der Waals surface area contributed by atoms with Crippen molar-refractivity contribution < 1.29 is 39.2 Å². The number of aromatic hydroxyl groups is 3. The maximum atomic E-state index is 12.1. The zero-order valence-electron chi connectivity index (χ0n) is 67.1. The highest BCUT2D eigenvalue weighted by Crippen LogP contribution is 2.42. The Kier molecular flexibility index (Phi) is 23.5. The molecule has 27 heteroatoms. The van der Waals surface area contributed by atoms with Crippen LogP contribution in [0.25, 0.3) is 32.3 Å². The van der Waals surface area contributed by atoms with E-state index < -0.39 is 0 Å². The van der Waals surface area contributed by atoms with Crippen molar-refractivity contribution in [2.75, 3.05) is 186 Å². The van der Waals surface area contributed by atoms with E-state index in [1.165, 1.54) is 30.2 Å². The van der Waals surface area contributed by atoms with Gasteiger partial charge in [-0.15, -0.1) is 0 Å². The number of piperazine rings is 3. The molecule has 10 aromatic rings. The zero-order valence-corrected chi connectivity index (χ0v) is 67.1. The summed E-state index contributed by atoms with van der Waals surface area (Å²) in [5, 5.41) is 37.7. The van der Waals surface area contributed by atoms with Gasteiger partial charge < -0.3 is 83.6 Å². The van der Waals surface area contributed by atoms with Crippen molar-refractivity contribution in [1.82, 2.24) is 59.4 Å². The number of pyridine rings is 1. The number of amides is 3. The number of fused-ring (bicyclic) bond motifs is 6. The van der Waals surface area contributed by atoms with Gasteiger partial charge in [-0.05, 0) is 125 Å². The maximum Gasteiger partial charge on any atom is 0.318 e. The van der Waals surface area contributed by atoms with E-state index in [9.17, 15) is 29.7 Å². The Balaban J connectivity index is 0.000000131. The number of carbonyl (C=O) groups excluding carboxylic acids is 3. The molecule has 0 aliphatic carbocycles. The minimum Gasteiger partial charge on any atom is -0.508 e. The molecule has 8 aliphatic heterocycles. The van der Waals surface area contributed by atoms with E-state index in [1.54, 1.807) is 18.3 Å². The Hall–Kier alpha value is -12.4. The summed E-state index contributed by atoms with van der Waals surface area (Å²) < 4.78 is 12.3. The van der Waals surface area contributed by atoms with Crippen LogP contribution in [0.1, 0.15) is 52.3 Å². The number of rotatable bonds is 18. The molecule has 3 amide bonds. The number of likely N-dealkylation sites (N-methyl/N-ethyl adjacent to an activating group) is 2. The highest BCUT2D eigenvalue weighted by atomic mass is 16.5. The normalized spacial score (nSPS) is 17.7. The van der Waals surface area contributed by atoms with Crippen LogP contribution in [-0.2, 0) is 59.7 Å². The number of ether oxygens (including phenoxy) is 2. The Morgan fingerprint density at radius 3 is 1.26 bits per heavy atom. The standard InChI is InChI=1S/C31H32N6O3.C30H36N6O3.C29H35N7O2/c1-2-29(39)35-14-16-36(17-15-35)30-26-10-13-37(28-20-24(38)19-22-7-3-4-9-25(22)28)21-27(26)33-31(34-30)40-18-11-23-8-5-6-12-32-23;1-3-28(38)34-13-15-35(16-14-34)29-25-10-12-36(27-18-23(37)17-21-7-4-5-9-24(21)27)19-26(25)31-30(32-29)39-20-22-8-6-11-33(22)2;1-4-27(38)33-11-13-34(14-12-33)28-24-9-10-35(26-16-22(37)15-20-7-5-6-8-23(20)26)19-25(24)30-29(31-28)36-17-21(18-36)32(2)3/h2-9,12,19-20,38H,1,10-11,13-18,21H2;3-5,7,9,17-18,22,37H,1,6,8,10-16,19-20H2,2H3;4-8,15-16,21,37H,1,9-14,17-19H2,2-3H3/t;22-;/m.0./s1. The van der Waals surface area contributed by atoms with Crippen LogP contribution in [0.5, 0.6) is 29.3 Å². The van der Waals surface area contributed by atoms with Gasteiger partial charge in [0.05, 0.1) is 43.3 Å². The highest BCUT2D eigenvalue weighted by molar-refractivity contribution is 5.98. The fourth-order valence-corrected chi connectivity index (χ4v) is 17.4. The number of phenolic OH excluding ortho intramolecular Hbond substituents is 3. The van der Waals surface area contributed by atoms with Gasteiger partial charge in [-0.25, -0.2) is 4.98 Å². The summed E-state index contributed by atoms with van der Waals surface area (Å²) >= 11 is 0. The number of likely N-dealkylation sites (tertiary alicyclic amines) is 1. The van der Waals surface area contributed by atoms with Gasteiger partial charge in [-0.2, -0.15) is 24.9 Å². The van der Waals surface area contributed by atoms with Crippen molar-refractivity contribution in [3.8, 4) is 29.3 Å². The summed E-state index contributed by atoms with van der Waals surface area (Å²) in [6, 6.07) is 42.9. The van der Waals surface area contributed by atoms with E-state index >= 15 is 0 Å². The second-order valence-corrected chi connectivity index (χ2v) is 31.4. The predicted octanol–water partition coefficient (Wildman–Crippen LogP) is 9.44. The van der Waals surface area contributed by atoms with Crippen LogP contribution in [0.4, 0.5) is 40.5 Å². The van der Waals surface area contributed by atoms with Crippen LogP contribution in [0, 0.1) is 0 Å². The number of hydrogen-bond donors (Lipinski definition) is 3. The number of hydrogen-bond acceptors (Lipinski definition) is 24. The summed E-state index contributed by atoms with van der Waals surface area (Å²) in [6.45, 7) is 27.0. The first-order valence-corrected chi connectivity index (χ1v) is 40.9. The van der Waals surface area contributed by atoms with Crippen molar-refractivity contribution >= 4 is 90.5 Å². The molecule has 27 nitrogen and oxygen atoms in total. The SMILES string of the molecule is C=CC(=O)N1CCN(c2nc(N3CC(N(C)C)C3)nc3c2CCN(c2cc(O)cc4ccccc24)C3)CC1.C=CC(=O)N1CCN(c2nc(OCCc3ccccn3)nc3c2CCN(c2cc(O)cc4ccccc24)C3)CC1.C=CC(=O)N1CCN(c2nc(OC[C@@H]3CCCN3C)nc3c2CCN(c2cc(O)cc4ccccc24)C3)CC1. The van der Waals surface area contributed by atoms with Crippen molar-refractivity contribution in [3.63, 3.8) is 0 Å². The van der Waals surface area contributed by atoms with Crippen LogP contribution in [0.2, 0.25) is 0 Å². The lowest BCUT2D eigenvalue weighted by Gasteiger charge is -2.44. The molecule has 18 rings (SSSR count). The summed E-state index contributed by atoms with van der Waals surface area (Å²) in [7, 11) is 6.37. The Morgan fingerprint density at radius 1 is 0.462 bits per heavy atom. The summed E-state index contributed by atoms with van der Waals surface area (Å²) in [5.74, 6) is 4.27. The molecule has 5 fully saturated rings. The van der Waals surface area contributed by atoms with Crippen LogP contribution in [-0.4, -0.2) is 257 Å². The monoisotopic (exact) mass is 1580 g/mol. The Morgan fingerprint density at radius 2 is 0.863 bits per heavy atom. The second-order valence-electron chi connectivity index (χ2n) is 31.4. The molecular weight excluding hydrogens is 1480 g/mol. The third kappa shape index (κ3) is 17.3. The molecule has 8 aliphatic rings. The first-order valence-electron chi connectivity index (χ1n) is 40.9. The van der Waals surface area contributed by atoms with E-state index in [2.05, 4.69) is 108 Å².